The van der Waals surface area contributed by atoms with Gasteiger partial charge in [-0.05, 0) is 49.2 Å². The van der Waals surface area contributed by atoms with Gasteiger partial charge >= 0.3 is 0 Å². The second-order valence-corrected chi connectivity index (χ2v) is 7.63. The molecule has 0 fully saturated rings. The zero-order chi connectivity index (χ0) is 20.5. The summed E-state index contributed by atoms with van der Waals surface area (Å²) in [4.78, 5) is 6.75. The summed E-state index contributed by atoms with van der Waals surface area (Å²) in [5.74, 6) is -0.425. The Bertz CT molecular complexity index is 1100. The number of aliphatic imine (C=N–C) groups is 1. The van der Waals surface area contributed by atoms with Crippen LogP contribution in [0.3, 0.4) is 0 Å². The predicted octanol–water partition coefficient (Wildman–Crippen LogP) is 5.71. The Morgan fingerprint density at radius 2 is 1.93 bits per heavy atom. The summed E-state index contributed by atoms with van der Waals surface area (Å²) in [6.45, 7) is 4.18. The topological polar surface area (TPSA) is 33.4 Å². The number of halogens is 2. The molecule has 2 atom stereocenters. The van der Waals surface area contributed by atoms with Gasteiger partial charge < -0.3 is 4.90 Å². The van der Waals surface area contributed by atoms with E-state index in [1.807, 2.05) is 38.5 Å². The van der Waals surface area contributed by atoms with Crippen molar-refractivity contribution in [3.05, 3.63) is 82.9 Å². The van der Waals surface area contributed by atoms with E-state index in [0.717, 1.165) is 28.0 Å². The number of rotatable bonds is 4. The third-order valence-corrected chi connectivity index (χ3v) is 5.56. The van der Waals surface area contributed by atoms with Gasteiger partial charge in [0, 0.05) is 36.3 Å². The molecule has 3 aromatic rings. The van der Waals surface area contributed by atoms with Crippen LogP contribution in [0, 0.1) is 5.82 Å². The smallest absolute Gasteiger partial charge is 0.142 e. The quantitative estimate of drug-likeness (QED) is 0.553. The molecule has 2 aromatic carbocycles. The fraction of sp³-hybridized carbons (Fsp3) is 0.217. The summed E-state index contributed by atoms with van der Waals surface area (Å²) < 4.78 is 15.9. The lowest BCUT2D eigenvalue weighted by molar-refractivity contribution is 0.252. The van der Waals surface area contributed by atoms with Crippen LogP contribution in [0.15, 0.2) is 65.9 Å². The number of aryl methyl sites for hydroxylation is 1. The lowest BCUT2D eigenvalue weighted by Crippen LogP contribution is -2.35. The fourth-order valence-electron chi connectivity index (χ4n) is 3.74. The Balaban J connectivity index is 1.71. The minimum atomic E-state index is -0.425. The maximum Gasteiger partial charge on any atom is 0.142 e. The van der Waals surface area contributed by atoms with Crippen LogP contribution >= 0.6 is 11.6 Å². The first kappa shape index (κ1) is 19.4. The molecule has 148 valence electrons. The van der Waals surface area contributed by atoms with Crippen molar-refractivity contribution in [1.82, 2.24) is 14.7 Å². The number of hydrogen-bond donors (Lipinski definition) is 0. The second-order valence-electron chi connectivity index (χ2n) is 7.22. The van der Waals surface area contributed by atoms with Gasteiger partial charge in [0.2, 0.25) is 0 Å². The average Bonchev–Trinajstić information content (AvgIpc) is 3.16. The number of benzene rings is 2. The van der Waals surface area contributed by atoms with Gasteiger partial charge in [-0.15, -0.1) is 0 Å². The molecule has 29 heavy (non-hydrogen) atoms. The van der Waals surface area contributed by atoms with Gasteiger partial charge in [0.25, 0.3) is 0 Å². The standard InChI is InChI=1S/C23H22ClFN4/c1-15(17-5-4-6-18(11-17)20-13-27-28(3)14-20)29-16(2)26-10-9-23(29)19-7-8-21(24)22(25)12-19/h4-16H,1-3H3/t15-,16?/m0/s1. The Morgan fingerprint density at radius 3 is 2.66 bits per heavy atom. The second kappa shape index (κ2) is 7.84. The van der Waals surface area contributed by atoms with E-state index in [0.29, 0.717) is 0 Å². The van der Waals surface area contributed by atoms with Crippen molar-refractivity contribution in [3.8, 4) is 11.1 Å². The van der Waals surface area contributed by atoms with Gasteiger partial charge in [-0.25, -0.2) is 4.39 Å². The lowest BCUT2D eigenvalue weighted by Gasteiger charge is -2.38. The van der Waals surface area contributed by atoms with Gasteiger partial charge in [-0.2, -0.15) is 5.10 Å². The molecule has 0 amide bonds. The van der Waals surface area contributed by atoms with Crippen LogP contribution in [-0.4, -0.2) is 27.1 Å². The van der Waals surface area contributed by atoms with Crippen molar-refractivity contribution in [1.29, 1.82) is 0 Å². The van der Waals surface area contributed by atoms with E-state index >= 15 is 0 Å². The van der Waals surface area contributed by atoms with E-state index in [1.54, 1.807) is 17.0 Å². The molecule has 6 heteroatoms. The molecular weight excluding hydrogens is 387 g/mol. The molecule has 4 rings (SSSR count). The fourth-order valence-corrected chi connectivity index (χ4v) is 3.86. The Labute approximate surface area is 175 Å². The molecule has 0 N–H and O–H groups in total. The van der Waals surface area contributed by atoms with Crippen LogP contribution in [0.4, 0.5) is 4.39 Å². The summed E-state index contributed by atoms with van der Waals surface area (Å²) in [5, 5.41) is 4.39. The highest BCUT2D eigenvalue weighted by Gasteiger charge is 2.26. The van der Waals surface area contributed by atoms with Gasteiger partial charge in [0.1, 0.15) is 12.0 Å². The normalized spacial score (nSPS) is 17.3. The van der Waals surface area contributed by atoms with E-state index < -0.39 is 5.82 Å². The van der Waals surface area contributed by atoms with Crippen molar-refractivity contribution in [2.45, 2.75) is 26.1 Å². The maximum atomic E-state index is 14.1. The predicted molar refractivity (Wildman–Crippen MR) is 116 cm³/mol. The van der Waals surface area contributed by atoms with Crippen molar-refractivity contribution >= 4 is 23.5 Å². The molecule has 1 aliphatic rings. The summed E-state index contributed by atoms with van der Waals surface area (Å²) in [6.07, 6.45) is 7.48. The van der Waals surface area contributed by atoms with E-state index in [1.165, 1.54) is 6.07 Å². The van der Waals surface area contributed by atoms with Crippen molar-refractivity contribution in [3.63, 3.8) is 0 Å². The molecule has 2 heterocycles. The summed E-state index contributed by atoms with van der Waals surface area (Å²) >= 11 is 5.88. The molecule has 0 aliphatic carbocycles. The van der Waals surface area contributed by atoms with E-state index in [2.05, 4.69) is 46.2 Å². The number of allylic oxidation sites excluding steroid dienone is 1. The molecule has 1 aromatic heterocycles. The third-order valence-electron chi connectivity index (χ3n) is 5.25. The third kappa shape index (κ3) is 3.83. The minimum Gasteiger partial charge on any atom is -0.343 e. The Hall–Kier alpha value is -2.92. The molecule has 0 saturated carbocycles. The molecule has 0 spiro atoms. The molecule has 0 saturated heterocycles. The number of aromatic nitrogens is 2. The highest BCUT2D eigenvalue weighted by molar-refractivity contribution is 6.30. The van der Waals surface area contributed by atoms with Gasteiger partial charge in [-0.1, -0.05) is 35.9 Å². The van der Waals surface area contributed by atoms with Crippen molar-refractivity contribution < 1.29 is 4.39 Å². The molecule has 1 unspecified atom stereocenters. The van der Waals surface area contributed by atoms with Gasteiger partial charge in [-0.3, -0.25) is 9.67 Å². The summed E-state index contributed by atoms with van der Waals surface area (Å²) in [5.41, 5.74) is 5.03. The molecule has 0 radical (unpaired) electrons. The first-order chi connectivity index (χ1) is 13.9. The van der Waals surface area contributed by atoms with Gasteiger partial charge in [0.05, 0.1) is 17.3 Å². The summed E-state index contributed by atoms with van der Waals surface area (Å²) in [7, 11) is 1.91. The minimum absolute atomic E-state index is 0.0315. The van der Waals surface area contributed by atoms with Crippen LogP contribution < -0.4 is 0 Å². The molecule has 4 nitrogen and oxygen atoms in total. The molecular formula is C23H22ClFN4. The lowest BCUT2D eigenvalue weighted by atomic mass is 9.98. The zero-order valence-corrected chi connectivity index (χ0v) is 17.3. The van der Waals surface area contributed by atoms with Crippen LogP contribution in [0.2, 0.25) is 5.02 Å². The average molecular weight is 409 g/mol. The first-order valence-corrected chi connectivity index (χ1v) is 9.88. The van der Waals surface area contributed by atoms with E-state index in [4.69, 9.17) is 11.6 Å². The first-order valence-electron chi connectivity index (χ1n) is 9.50. The largest absolute Gasteiger partial charge is 0.343 e. The monoisotopic (exact) mass is 408 g/mol. The Kier molecular flexibility index (Phi) is 5.24. The SMILES string of the molecule is CC1N=CC=C(c2ccc(Cl)c(F)c2)N1[C@@H](C)c1cccc(-c2cnn(C)c2)c1. The maximum absolute atomic E-state index is 14.1. The van der Waals surface area contributed by atoms with Crippen LogP contribution in [0.5, 0.6) is 0 Å². The van der Waals surface area contributed by atoms with E-state index in [-0.39, 0.29) is 17.2 Å². The van der Waals surface area contributed by atoms with E-state index in [9.17, 15) is 4.39 Å². The highest BCUT2D eigenvalue weighted by Crippen LogP contribution is 2.35. The van der Waals surface area contributed by atoms with Crippen LogP contribution in [0.25, 0.3) is 16.8 Å². The van der Waals surface area contributed by atoms with Gasteiger partial charge in [0.15, 0.2) is 0 Å². The summed E-state index contributed by atoms with van der Waals surface area (Å²) in [6, 6.07) is 13.4. The molecule has 0 bridgehead atoms. The Morgan fingerprint density at radius 1 is 1.10 bits per heavy atom. The molecule has 1 aliphatic heterocycles. The number of hydrogen-bond acceptors (Lipinski definition) is 3. The van der Waals surface area contributed by atoms with Crippen molar-refractivity contribution in [2.24, 2.45) is 12.0 Å². The highest BCUT2D eigenvalue weighted by atomic mass is 35.5. The zero-order valence-electron chi connectivity index (χ0n) is 16.6. The van der Waals surface area contributed by atoms with Crippen LogP contribution in [-0.2, 0) is 7.05 Å². The van der Waals surface area contributed by atoms with Crippen LogP contribution in [0.1, 0.15) is 31.0 Å². The van der Waals surface area contributed by atoms with Crippen molar-refractivity contribution in [2.75, 3.05) is 0 Å². The number of nitrogens with zero attached hydrogens (tertiary/aromatic N) is 4.